The van der Waals surface area contributed by atoms with E-state index in [1.807, 2.05) is 54.6 Å². The molecule has 0 radical (unpaired) electrons. The smallest absolute Gasteiger partial charge is 0.255 e. The van der Waals surface area contributed by atoms with Gasteiger partial charge in [0.05, 0.1) is 6.10 Å². The molecule has 1 aliphatic rings. The number of hydrogen-bond acceptors (Lipinski definition) is 4. The molecule has 0 bridgehead atoms. The summed E-state index contributed by atoms with van der Waals surface area (Å²) in [5.74, 6) is 2.04. The summed E-state index contributed by atoms with van der Waals surface area (Å²) in [6, 6.07) is 24.0. The van der Waals surface area contributed by atoms with Crippen LogP contribution >= 0.6 is 0 Å². The number of anilines is 1. The van der Waals surface area contributed by atoms with Gasteiger partial charge in [-0.15, -0.1) is 0 Å². The molecule has 5 nitrogen and oxygen atoms in total. The SMILES string of the molecule is O=C(Nc1ccc(Oc2ccccc2)cc1)c1ccc(OCC2CCCO2)cc1. The van der Waals surface area contributed by atoms with Gasteiger partial charge in [-0.05, 0) is 73.5 Å². The van der Waals surface area contributed by atoms with E-state index in [0.717, 1.165) is 30.9 Å². The van der Waals surface area contributed by atoms with Crippen molar-refractivity contribution in [3.63, 3.8) is 0 Å². The third-order valence-electron chi connectivity index (χ3n) is 4.67. The van der Waals surface area contributed by atoms with Crippen LogP contribution in [0, 0.1) is 0 Å². The van der Waals surface area contributed by atoms with E-state index in [-0.39, 0.29) is 12.0 Å². The molecule has 3 aromatic carbocycles. The summed E-state index contributed by atoms with van der Waals surface area (Å²) < 4.78 is 17.0. The summed E-state index contributed by atoms with van der Waals surface area (Å²) in [6.45, 7) is 1.36. The average molecular weight is 389 g/mol. The maximum atomic E-state index is 12.5. The van der Waals surface area contributed by atoms with E-state index in [4.69, 9.17) is 14.2 Å². The quantitative estimate of drug-likeness (QED) is 0.597. The predicted octanol–water partition coefficient (Wildman–Crippen LogP) is 5.29. The Morgan fingerprint density at radius 3 is 2.28 bits per heavy atom. The number of benzene rings is 3. The number of ether oxygens (including phenoxy) is 3. The Morgan fingerprint density at radius 2 is 1.59 bits per heavy atom. The zero-order valence-electron chi connectivity index (χ0n) is 16.0. The van der Waals surface area contributed by atoms with Gasteiger partial charge in [0, 0.05) is 17.9 Å². The van der Waals surface area contributed by atoms with Crippen LogP contribution in [0.4, 0.5) is 5.69 Å². The number of hydrogen-bond donors (Lipinski definition) is 1. The van der Waals surface area contributed by atoms with Gasteiger partial charge in [-0.25, -0.2) is 0 Å². The Bertz CT molecular complexity index is 917. The van der Waals surface area contributed by atoms with Crippen molar-refractivity contribution in [1.82, 2.24) is 0 Å². The van der Waals surface area contributed by atoms with Crippen LogP contribution in [0.15, 0.2) is 78.9 Å². The predicted molar refractivity (Wildman–Crippen MR) is 112 cm³/mol. The van der Waals surface area contributed by atoms with Crippen molar-refractivity contribution in [2.45, 2.75) is 18.9 Å². The minimum absolute atomic E-state index is 0.173. The lowest BCUT2D eigenvalue weighted by Gasteiger charge is -2.12. The first-order valence-corrected chi connectivity index (χ1v) is 9.75. The van der Waals surface area contributed by atoms with Crippen molar-refractivity contribution < 1.29 is 19.0 Å². The molecule has 4 rings (SSSR count). The molecule has 1 unspecified atom stereocenters. The Balaban J connectivity index is 1.30. The molecule has 5 heteroatoms. The van der Waals surface area contributed by atoms with E-state index in [2.05, 4.69) is 5.32 Å². The minimum atomic E-state index is -0.174. The second kappa shape index (κ2) is 9.26. The zero-order chi connectivity index (χ0) is 19.9. The van der Waals surface area contributed by atoms with Crippen molar-refractivity contribution in [1.29, 1.82) is 0 Å². The number of amides is 1. The van der Waals surface area contributed by atoms with Crippen LogP contribution in [0.3, 0.4) is 0 Å². The summed E-state index contributed by atoms with van der Waals surface area (Å²) in [5.41, 5.74) is 1.27. The van der Waals surface area contributed by atoms with Crippen molar-refractivity contribution in [2.75, 3.05) is 18.5 Å². The fraction of sp³-hybridized carbons (Fsp3) is 0.208. The molecule has 3 aromatic rings. The first-order valence-electron chi connectivity index (χ1n) is 9.75. The fourth-order valence-corrected chi connectivity index (χ4v) is 3.10. The molecule has 148 valence electrons. The van der Waals surface area contributed by atoms with Crippen molar-refractivity contribution in [2.24, 2.45) is 0 Å². The lowest BCUT2D eigenvalue weighted by molar-refractivity contribution is 0.0679. The second-order valence-electron chi connectivity index (χ2n) is 6.86. The average Bonchev–Trinajstić information content (AvgIpc) is 3.28. The Labute approximate surface area is 170 Å². The molecule has 0 saturated carbocycles. The summed E-state index contributed by atoms with van der Waals surface area (Å²) in [6.07, 6.45) is 2.30. The highest BCUT2D eigenvalue weighted by Crippen LogP contribution is 2.23. The second-order valence-corrected chi connectivity index (χ2v) is 6.86. The van der Waals surface area contributed by atoms with Crippen molar-refractivity contribution in [3.05, 3.63) is 84.4 Å². The van der Waals surface area contributed by atoms with Crippen LogP contribution in [0.2, 0.25) is 0 Å². The zero-order valence-corrected chi connectivity index (χ0v) is 16.0. The van der Waals surface area contributed by atoms with E-state index in [1.54, 1.807) is 24.3 Å². The molecular formula is C24H23NO4. The normalized spacial score (nSPS) is 15.7. The Kier molecular flexibility index (Phi) is 6.07. The maximum absolute atomic E-state index is 12.5. The summed E-state index contributed by atoms with van der Waals surface area (Å²) >= 11 is 0. The largest absolute Gasteiger partial charge is 0.491 e. The maximum Gasteiger partial charge on any atom is 0.255 e. The van der Waals surface area contributed by atoms with Gasteiger partial charge in [0.1, 0.15) is 23.9 Å². The Morgan fingerprint density at radius 1 is 0.897 bits per heavy atom. The molecule has 1 atom stereocenters. The molecule has 1 N–H and O–H groups in total. The molecule has 1 saturated heterocycles. The third-order valence-corrected chi connectivity index (χ3v) is 4.67. The Hall–Kier alpha value is -3.31. The van der Waals surface area contributed by atoms with Crippen LogP contribution in [0.5, 0.6) is 17.2 Å². The molecule has 0 aromatic heterocycles. The van der Waals surface area contributed by atoms with Gasteiger partial charge in [-0.1, -0.05) is 18.2 Å². The van der Waals surface area contributed by atoms with Gasteiger partial charge in [0.25, 0.3) is 5.91 Å². The highest BCUT2D eigenvalue weighted by Gasteiger charge is 2.16. The monoisotopic (exact) mass is 389 g/mol. The van der Waals surface area contributed by atoms with Gasteiger partial charge in [-0.3, -0.25) is 4.79 Å². The van der Waals surface area contributed by atoms with Crippen LogP contribution in [0.25, 0.3) is 0 Å². The fourth-order valence-electron chi connectivity index (χ4n) is 3.10. The summed E-state index contributed by atoms with van der Waals surface area (Å²) in [4.78, 5) is 12.5. The first-order chi connectivity index (χ1) is 14.3. The van der Waals surface area contributed by atoms with Crippen molar-refractivity contribution in [3.8, 4) is 17.2 Å². The highest BCUT2D eigenvalue weighted by atomic mass is 16.5. The van der Waals surface area contributed by atoms with Crippen molar-refractivity contribution >= 4 is 11.6 Å². The standard InChI is InChI=1S/C24H23NO4/c26-24(18-8-12-20(13-9-18)28-17-23-7-4-16-27-23)25-19-10-14-22(15-11-19)29-21-5-2-1-3-6-21/h1-3,5-6,8-15,23H,4,7,16-17H2,(H,25,26). The number of carbonyl (C=O) groups excluding carboxylic acids is 1. The van der Waals surface area contributed by atoms with Crippen LogP contribution < -0.4 is 14.8 Å². The lowest BCUT2D eigenvalue weighted by Crippen LogP contribution is -2.16. The van der Waals surface area contributed by atoms with Crippen LogP contribution in [0.1, 0.15) is 23.2 Å². The van der Waals surface area contributed by atoms with Gasteiger partial charge in [-0.2, -0.15) is 0 Å². The van der Waals surface area contributed by atoms with E-state index in [1.165, 1.54) is 0 Å². The molecule has 1 fully saturated rings. The minimum Gasteiger partial charge on any atom is -0.491 e. The molecule has 1 aliphatic heterocycles. The molecular weight excluding hydrogens is 366 g/mol. The van der Waals surface area contributed by atoms with Gasteiger partial charge in [0.15, 0.2) is 0 Å². The number of carbonyl (C=O) groups is 1. The number of nitrogens with one attached hydrogen (secondary N) is 1. The van der Waals surface area contributed by atoms with E-state index in [9.17, 15) is 4.79 Å². The van der Waals surface area contributed by atoms with Crippen LogP contribution in [-0.4, -0.2) is 25.2 Å². The summed E-state index contributed by atoms with van der Waals surface area (Å²) in [5, 5.41) is 2.89. The molecule has 0 spiro atoms. The molecule has 1 heterocycles. The van der Waals surface area contributed by atoms with E-state index < -0.39 is 0 Å². The van der Waals surface area contributed by atoms with Gasteiger partial charge in [0.2, 0.25) is 0 Å². The van der Waals surface area contributed by atoms with E-state index in [0.29, 0.717) is 23.6 Å². The highest BCUT2D eigenvalue weighted by molar-refractivity contribution is 6.04. The van der Waals surface area contributed by atoms with Crippen LogP contribution in [-0.2, 0) is 4.74 Å². The molecule has 0 aliphatic carbocycles. The topological polar surface area (TPSA) is 56.8 Å². The number of para-hydroxylation sites is 1. The first kappa shape index (κ1) is 19.0. The molecule has 29 heavy (non-hydrogen) atoms. The summed E-state index contributed by atoms with van der Waals surface area (Å²) in [7, 11) is 0. The number of rotatable bonds is 7. The molecule has 1 amide bonds. The van der Waals surface area contributed by atoms with Gasteiger partial charge < -0.3 is 19.5 Å². The van der Waals surface area contributed by atoms with Gasteiger partial charge >= 0.3 is 0 Å². The lowest BCUT2D eigenvalue weighted by atomic mass is 10.2. The third kappa shape index (κ3) is 5.36. The van der Waals surface area contributed by atoms with E-state index >= 15 is 0 Å².